The first kappa shape index (κ1) is 42.6. The van der Waals surface area contributed by atoms with Crippen LogP contribution >= 0.6 is 350 Å². The highest BCUT2D eigenvalue weighted by Crippen LogP contribution is 2.80. The largest absolute Gasteiger partial charge is 0.162 e. The van der Waals surface area contributed by atoms with Gasteiger partial charge in [-0.1, -0.05) is 350 Å². The molecule has 0 aromatic rings. The second-order valence-corrected chi connectivity index (χ2v) is 46.7. The molecule has 0 saturated heterocycles. The Labute approximate surface area is 371 Å². The second kappa shape index (κ2) is 13.7. The second-order valence-electron chi connectivity index (χ2n) is 5.59. The van der Waals surface area contributed by atoms with Crippen molar-refractivity contribution in [2.75, 3.05) is 0 Å². The molecule has 0 nitrogen and oxygen atoms in total. The normalized spacial score (nSPS) is 17.1. The Hall–Kier alpha value is 10.6. The smallest absolute Gasteiger partial charge is 0.0675 e. The highest BCUT2D eigenvalue weighted by Gasteiger charge is 2.79. The molecule has 194 valence electrons. The summed E-state index contributed by atoms with van der Waals surface area (Å²) in [7, 11) is 0. The van der Waals surface area contributed by atoms with E-state index in [-0.39, 0.29) is 0 Å². The predicted molar refractivity (Wildman–Crippen MR) is 224 cm³/mol. The Bertz CT molecular complexity index is 626. The van der Waals surface area contributed by atoms with Crippen molar-refractivity contribution in [3.05, 3.63) is 0 Å². The molecule has 0 fully saturated rings. The van der Waals surface area contributed by atoms with Gasteiger partial charge in [-0.25, -0.2) is 0 Å². The minimum atomic E-state index is -1.08. The first-order valence-electron chi connectivity index (χ1n) is 6.41. The van der Waals surface area contributed by atoms with Gasteiger partial charge >= 0.3 is 0 Å². The lowest BCUT2D eigenvalue weighted by molar-refractivity contribution is 0.570. The number of hydrogen-bond donors (Lipinski definition) is 0. The van der Waals surface area contributed by atoms with E-state index in [9.17, 15) is 0 Å². The van der Waals surface area contributed by atoms with Gasteiger partial charge in [0.05, 0.1) is 0 Å². The number of halogens is 22. The highest BCUT2D eigenvalue weighted by atomic mass is 80.0. The quantitative estimate of drug-likeness (QED) is 0.223. The first-order chi connectivity index (χ1) is 13.2. The van der Waals surface area contributed by atoms with Crippen LogP contribution in [-0.2, 0) is 0 Å². The van der Waals surface area contributed by atoms with Gasteiger partial charge in [-0.3, -0.25) is 0 Å². The summed E-state index contributed by atoms with van der Waals surface area (Å²) in [5, 5.41) is 0. The lowest BCUT2D eigenvalue weighted by Gasteiger charge is -2.59. The van der Waals surface area contributed by atoms with Crippen LogP contribution in [-0.4, -0.2) is 30.2 Å². The van der Waals surface area contributed by atoms with Gasteiger partial charge in [-0.15, -0.1) is 0 Å². The van der Waals surface area contributed by atoms with Crippen molar-refractivity contribution in [2.45, 2.75) is 30.2 Å². The molecule has 0 N–H and O–H groups in total. The molecular weight excluding hydrogens is 1880 g/mol. The van der Waals surface area contributed by atoms with E-state index < -0.39 is 30.2 Å². The molecule has 0 amide bonds. The van der Waals surface area contributed by atoms with Crippen LogP contribution in [0.2, 0.25) is 0 Å². The summed E-state index contributed by atoms with van der Waals surface area (Å²) < 4.78 is -9.73. The zero-order valence-electron chi connectivity index (χ0n) is 13.3. The molecule has 0 aliphatic carbocycles. The Morgan fingerprint density at radius 3 is 0.344 bits per heavy atom. The van der Waals surface area contributed by atoms with E-state index in [0.717, 1.165) is 0 Å². The standard InChI is InChI=1S/C10Br22/c11-1(12,3(15,16)5(19,20)7(23,24)9(27,28)29)2(13,14)4(17,18)6(21,22)8(25,26)10(30,31)32. The predicted octanol–water partition coefficient (Wildman–Crippen LogP) is 16.6. The molecule has 22 heteroatoms. The number of hydrogen-bond acceptors (Lipinski definition) is 0. The van der Waals surface area contributed by atoms with Crippen molar-refractivity contribution in [2.24, 2.45) is 0 Å². The fourth-order valence-corrected chi connectivity index (χ4v) is 21.2. The Kier molecular flexibility index (Phi) is 18.3. The first-order valence-corrected chi connectivity index (χ1v) is 23.9. The molecule has 0 heterocycles. The van der Waals surface area contributed by atoms with Crippen LogP contribution in [0.1, 0.15) is 0 Å². The van der Waals surface area contributed by atoms with Gasteiger partial charge in [-0.2, -0.15) is 0 Å². The molecule has 32 heavy (non-hydrogen) atoms. The van der Waals surface area contributed by atoms with Crippen molar-refractivity contribution in [3.63, 3.8) is 0 Å². The van der Waals surface area contributed by atoms with Crippen LogP contribution in [0.4, 0.5) is 0 Å². The summed E-state index contributed by atoms with van der Waals surface area (Å²) in [6.45, 7) is 0. The van der Waals surface area contributed by atoms with Crippen LogP contribution in [0.25, 0.3) is 0 Å². The van der Waals surface area contributed by atoms with Gasteiger partial charge in [0.25, 0.3) is 0 Å². The minimum absolute atomic E-state index is 0.811. The summed E-state index contributed by atoms with van der Waals surface area (Å²) in [5.74, 6) is 0. The summed E-state index contributed by atoms with van der Waals surface area (Å²) in [4.78, 5) is 0. The molecule has 0 aliphatic heterocycles. The van der Waals surface area contributed by atoms with Gasteiger partial charge in [-0.05, 0) is 0 Å². The van der Waals surface area contributed by atoms with Gasteiger partial charge in [0.15, 0.2) is 4.29 Å². The summed E-state index contributed by atoms with van der Waals surface area (Å²) >= 11 is 82.7. The summed E-state index contributed by atoms with van der Waals surface area (Å²) in [6.07, 6.45) is 0. The molecule has 0 spiro atoms. The van der Waals surface area contributed by atoms with E-state index >= 15 is 0 Å². The molecule has 0 bridgehead atoms. The topological polar surface area (TPSA) is 0 Å². The van der Waals surface area contributed by atoms with Gasteiger partial charge in [0.1, 0.15) is 25.9 Å². The average Bonchev–Trinajstić information content (AvgIpc) is 2.51. The molecule has 0 rings (SSSR count). The van der Waals surface area contributed by atoms with Crippen molar-refractivity contribution in [3.8, 4) is 0 Å². The molecule has 0 unspecified atom stereocenters. The Morgan fingerprint density at radius 1 is 0.156 bits per heavy atom. The molecule has 0 saturated carbocycles. The molecule has 0 aromatic carbocycles. The molecule has 0 radical (unpaired) electrons. The van der Waals surface area contributed by atoms with E-state index in [1.165, 1.54) is 0 Å². The van der Waals surface area contributed by atoms with E-state index in [1.54, 1.807) is 0 Å². The van der Waals surface area contributed by atoms with Crippen molar-refractivity contribution < 1.29 is 0 Å². The van der Waals surface area contributed by atoms with Crippen LogP contribution < -0.4 is 0 Å². The third kappa shape index (κ3) is 7.57. The minimum Gasteiger partial charge on any atom is -0.0675 e. The van der Waals surface area contributed by atoms with Gasteiger partial charge in [0.2, 0.25) is 0 Å². The maximum absolute atomic E-state index is 3.88. The van der Waals surface area contributed by atoms with Crippen molar-refractivity contribution in [1.82, 2.24) is 0 Å². The SMILES string of the molecule is BrC(Br)(Br)C(Br)(Br)C(Br)(Br)C(Br)(Br)C(Br)(Br)C(Br)(Br)C(Br)(Br)C(Br)(Br)C(Br)(Br)C(Br)(Br)Br. The maximum atomic E-state index is 3.88. The van der Waals surface area contributed by atoms with E-state index in [1.807, 2.05) is 0 Å². The summed E-state index contributed by atoms with van der Waals surface area (Å²) in [5.41, 5.74) is 0. The highest BCUT2D eigenvalue weighted by molar-refractivity contribution is 9.43. The van der Waals surface area contributed by atoms with Crippen LogP contribution in [0, 0.1) is 0 Å². The third-order valence-electron chi connectivity index (χ3n) is 3.47. The molecule has 0 aliphatic rings. The lowest BCUT2D eigenvalue weighted by atomic mass is 10.1. The van der Waals surface area contributed by atoms with Crippen LogP contribution in [0.15, 0.2) is 0 Å². The zero-order chi connectivity index (χ0) is 27.0. The molecule has 0 aromatic heterocycles. The Morgan fingerprint density at radius 2 is 0.250 bits per heavy atom. The number of rotatable bonds is 7. The van der Waals surface area contributed by atoms with Crippen LogP contribution in [0.3, 0.4) is 0 Å². The molecular formula is C10Br22. The van der Waals surface area contributed by atoms with Crippen molar-refractivity contribution in [1.29, 1.82) is 0 Å². The molecule has 0 atom stereocenters. The Balaban J connectivity index is 7.00. The maximum Gasteiger partial charge on any atom is 0.162 e. The van der Waals surface area contributed by atoms with E-state index in [4.69, 9.17) is 0 Å². The van der Waals surface area contributed by atoms with Gasteiger partial charge < -0.3 is 0 Å². The monoisotopic (exact) mass is 1860 g/mol. The third-order valence-corrected chi connectivity index (χ3v) is 47.4. The number of alkyl halides is 22. The fraction of sp³-hybridized carbons (Fsp3) is 1.00. The summed E-state index contributed by atoms with van der Waals surface area (Å²) in [6, 6.07) is 0. The average molecular weight is 1880 g/mol. The van der Waals surface area contributed by atoms with Crippen LogP contribution in [0.5, 0.6) is 0 Å². The fourth-order valence-electron chi connectivity index (χ4n) is 1.54. The lowest BCUT2D eigenvalue weighted by Crippen LogP contribution is -2.70. The van der Waals surface area contributed by atoms with Crippen molar-refractivity contribution >= 4 is 350 Å². The zero-order valence-corrected chi connectivity index (χ0v) is 48.2. The van der Waals surface area contributed by atoms with E-state index in [0.29, 0.717) is 0 Å². The van der Waals surface area contributed by atoms with Gasteiger partial charge in [0, 0.05) is 0 Å². The van der Waals surface area contributed by atoms with E-state index in [2.05, 4.69) is 350 Å².